The van der Waals surface area contributed by atoms with Crippen LogP contribution in [0.3, 0.4) is 0 Å². The molecule has 1 aromatic rings. The van der Waals surface area contributed by atoms with E-state index in [0.717, 1.165) is 6.42 Å². The molecule has 90 valence electrons. The smallest absolute Gasteiger partial charge is 0.0307 e. The maximum Gasteiger partial charge on any atom is -0.0307 e. The van der Waals surface area contributed by atoms with E-state index in [4.69, 9.17) is 0 Å². The van der Waals surface area contributed by atoms with Crippen LogP contribution in [0.1, 0.15) is 58.7 Å². The van der Waals surface area contributed by atoms with Crippen LogP contribution in [0.15, 0.2) is 18.2 Å². The van der Waals surface area contributed by atoms with Gasteiger partial charge in [-0.25, -0.2) is 0 Å². The predicted octanol–water partition coefficient (Wildman–Crippen LogP) is 5.55. The average molecular weight is 210 g/mol. The Kier molecular flexibility index (Phi) is 17.4. The molecule has 0 heteroatoms. The molecule has 15 heavy (non-hydrogen) atoms. The van der Waals surface area contributed by atoms with E-state index in [-0.39, 0.29) is 7.43 Å². The summed E-state index contributed by atoms with van der Waals surface area (Å²) in [5.41, 5.74) is 4.22. The van der Waals surface area contributed by atoms with E-state index in [1.165, 1.54) is 16.7 Å². The van der Waals surface area contributed by atoms with Crippen LogP contribution in [0, 0.1) is 13.8 Å². The molecule has 0 amide bonds. The number of benzene rings is 1. The van der Waals surface area contributed by atoms with Gasteiger partial charge in [-0.3, -0.25) is 0 Å². The van der Waals surface area contributed by atoms with Crippen LogP contribution in [-0.2, 0) is 6.42 Å². The summed E-state index contributed by atoms with van der Waals surface area (Å²) < 4.78 is 0. The number of rotatable bonds is 1. The summed E-state index contributed by atoms with van der Waals surface area (Å²) in [6, 6.07) is 6.64. The lowest BCUT2D eigenvalue weighted by Crippen LogP contribution is -1.84. The highest BCUT2D eigenvalue weighted by Crippen LogP contribution is 2.09. The van der Waals surface area contributed by atoms with Crippen molar-refractivity contribution in [2.24, 2.45) is 0 Å². The van der Waals surface area contributed by atoms with Crippen molar-refractivity contribution in [3.63, 3.8) is 0 Å². The standard InChI is InChI=1S/C10H14.2C2H6.CH4/c1-4-10-6-5-8(2)9(3)7-10;2*1-2;/h5-7H,4H2,1-3H3;2*1-2H3;1H4. The van der Waals surface area contributed by atoms with Gasteiger partial charge in [0.05, 0.1) is 0 Å². The molecule has 0 atom stereocenters. The Balaban J connectivity index is -0.000000258. The van der Waals surface area contributed by atoms with Crippen molar-refractivity contribution in [1.29, 1.82) is 0 Å². The average Bonchev–Trinajstić information content (AvgIpc) is 2.28. The highest BCUT2D eigenvalue weighted by atomic mass is 14.0. The zero-order valence-corrected chi connectivity index (χ0v) is 10.9. The van der Waals surface area contributed by atoms with Crippen LogP contribution in [0.4, 0.5) is 0 Å². The molecule has 0 bridgehead atoms. The zero-order chi connectivity index (χ0) is 11.6. The fraction of sp³-hybridized carbons (Fsp3) is 0.600. The summed E-state index contributed by atoms with van der Waals surface area (Å²) in [7, 11) is 0. The Morgan fingerprint density at radius 2 is 1.33 bits per heavy atom. The molecule has 0 N–H and O–H groups in total. The second kappa shape index (κ2) is 13.2. The molecular weight excluding hydrogens is 180 g/mol. The molecule has 0 fully saturated rings. The Bertz CT molecular complexity index is 223. The van der Waals surface area contributed by atoms with Gasteiger partial charge in [0.15, 0.2) is 0 Å². The van der Waals surface area contributed by atoms with Gasteiger partial charge in [0, 0.05) is 0 Å². The molecule has 0 aromatic heterocycles. The monoisotopic (exact) mass is 210 g/mol. The molecule has 0 aliphatic heterocycles. The Hall–Kier alpha value is -0.780. The normalized spacial score (nSPS) is 7.40. The molecule has 0 aliphatic rings. The fourth-order valence-corrected chi connectivity index (χ4v) is 1.02. The van der Waals surface area contributed by atoms with Gasteiger partial charge < -0.3 is 0 Å². The predicted molar refractivity (Wildman–Crippen MR) is 74.7 cm³/mol. The van der Waals surface area contributed by atoms with Crippen molar-refractivity contribution in [3.05, 3.63) is 34.9 Å². The Labute approximate surface area is 97.7 Å². The molecule has 1 rings (SSSR count). The topological polar surface area (TPSA) is 0 Å². The molecule has 0 spiro atoms. The number of hydrogen-bond donors (Lipinski definition) is 0. The lowest BCUT2D eigenvalue weighted by Gasteiger charge is -2.01. The van der Waals surface area contributed by atoms with Gasteiger partial charge in [-0.1, -0.05) is 60.2 Å². The van der Waals surface area contributed by atoms with Gasteiger partial charge in [-0.05, 0) is 37.0 Å². The van der Waals surface area contributed by atoms with Crippen LogP contribution in [0.25, 0.3) is 0 Å². The maximum atomic E-state index is 2.26. The zero-order valence-electron chi connectivity index (χ0n) is 10.9. The SMILES string of the molecule is C.CC.CC.CCc1ccc(C)c(C)c1. The number of hydrogen-bond acceptors (Lipinski definition) is 0. The quantitative estimate of drug-likeness (QED) is 0.569. The first kappa shape index (κ1) is 19.7. The van der Waals surface area contributed by atoms with E-state index in [1.807, 2.05) is 27.7 Å². The van der Waals surface area contributed by atoms with Crippen LogP contribution in [0.5, 0.6) is 0 Å². The highest BCUT2D eigenvalue weighted by molar-refractivity contribution is 5.29. The van der Waals surface area contributed by atoms with E-state index in [1.54, 1.807) is 0 Å². The Morgan fingerprint density at radius 1 is 0.867 bits per heavy atom. The minimum absolute atomic E-state index is 0. The minimum Gasteiger partial charge on any atom is -0.0776 e. The largest absolute Gasteiger partial charge is 0.0776 e. The summed E-state index contributed by atoms with van der Waals surface area (Å²) in [5.74, 6) is 0. The van der Waals surface area contributed by atoms with Gasteiger partial charge in [0.1, 0.15) is 0 Å². The third kappa shape index (κ3) is 8.23. The molecular formula is C15H30. The van der Waals surface area contributed by atoms with Gasteiger partial charge in [0.25, 0.3) is 0 Å². The van der Waals surface area contributed by atoms with Crippen LogP contribution < -0.4 is 0 Å². The summed E-state index contributed by atoms with van der Waals surface area (Å²) in [5, 5.41) is 0. The van der Waals surface area contributed by atoms with Gasteiger partial charge >= 0.3 is 0 Å². The van der Waals surface area contributed by atoms with Crippen molar-refractivity contribution in [2.45, 2.75) is 62.3 Å². The highest BCUT2D eigenvalue weighted by Gasteiger charge is 1.92. The Morgan fingerprint density at radius 3 is 1.67 bits per heavy atom. The van der Waals surface area contributed by atoms with E-state index in [0.29, 0.717) is 0 Å². The molecule has 0 radical (unpaired) electrons. The summed E-state index contributed by atoms with van der Waals surface area (Å²) in [4.78, 5) is 0. The van der Waals surface area contributed by atoms with Gasteiger partial charge in [0.2, 0.25) is 0 Å². The summed E-state index contributed by atoms with van der Waals surface area (Å²) >= 11 is 0. The first-order chi connectivity index (χ1) is 6.74. The van der Waals surface area contributed by atoms with Gasteiger partial charge in [-0.15, -0.1) is 0 Å². The van der Waals surface area contributed by atoms with Crippen molar-refractivity contribution >= 4 is 0 Å². The third-order valence-electron chi connectivity index (χ3n) is 1.98. The summed E-state index contributed by atoms with van der Waals surface area (Å²) in [6.07, 6.45) is 1.14. The second-order valence-electron chi connectivity index (χ2n) is 2.77. The second-order valence-corrected chi connectivity index (χ2v) is 2.77. The lowest BCUT2D eigenvalue weighted by molar-refractivity contribution is 1.12. The fourth-order valence-electron chi connectivity index (χ4n) is 1.02. The lowest BCUT2D eigenvalue weighted by atomic mass is 10.1. The van der Waals surface area contributed by atoms with Crippen molar-refractivity contribution in [3.8, 4) is 0 Å². The van der Waals surface area contributed by atoms with Crippen molar-refractivity contribution in [2.75, 3.05) is 0 Å². The van der Waals surface area contributed by atoms with E-state index < -0.39 is 0 Å². The number of aryl methyl sites for hydroxylation is 3. The van der Waals surface area contributed by atoms with Crippen LogP contribution in [-0.4, -0.2) is 0 Å². The molecule has 0 unspecified atom stereocenters. The summed E-state index contributed by atoms with van der Waals surface area (Å²) in [6.45, 7) is 14.5. The molecule has 0 aliphatic carbocycles. The van der Waals surface area contributed by atoms with E-state index >= 15 is 0 Å². The van der Waals surface area contributed by atoms with E-state index in [2.05, 4.69) is 39.0 Å². The van der Waals surface area contributed by atoms with Crippen LogP contribution >= 0.6 is 0 Å². The molecule has 0 saturated carbocycles. The van der Waals surface area contributed by atoms with Crippen LogP contribution in [0.2, 0.25) is 0 Å². The molecule has 0 saturated heterocycles. The molecule has 0 nitrogen and oxygen atoms in total. The van der Waals surface area contributed by atoms with Crippen molar-refractivity contribution in [1.82, 2.24) is 0 Å². The van der Waals surface area contributed by atoms with E-state index in [9.17, 15) is 0 Å². The molecule has 1 aromatic carbocycles. The maximum absolute atomic E-state index is 2.26. The third-order valence-corrected chi connectivity index (χ3v) is 1.98. The first-order valence-corrected chi connectivity index (χ1v) is 5.80. The minimum atomic E-state index is 0. The first-order valence-electron chi connectivity index (χ1n) is 5.80. The van der Waals surface area contributed by atoms with Crippen molar-refractivity contribution < 1.29 is 0 Å². The molecule has 0 heterocycles. The van der Waals surface area contributed by atoms with Gasteiger partial charge in [-0.2, -0.15) is 0 Å².